The fourth-order valence-corrected chi connectivity index (χ4v) is 4.56. The number of fused-ring (bicyclic) bond motifs is 1. The Balaban J connectivity index is 1.88. The maximum Gasteiger partial charge on any atom is 0.208 e. The Labute approximate surface area is 171 Å². The lowest BCUT2D eigenvalue weighted by Crippen LogP contribution is -2.28. The zero-order valence-corrected chi connectivity index (χ0v) is 16.7. The van der Waals surface area contributed by atoms with E-state index in [1.807, 2.05) is 0 Å². The van der Waals surface area contributed by atoms with E-state index in [2.05, 4.69) is 33.7 Å². The monoisotopic (exact) mass is 418 g/mol. The van der Waals surface area contributed by atoms with Crippen LogP contribution in [-0.4, -0.2) is 47.7 Å². The molecule has 4 rings (SSSR count). The molecule has 1 saturated heterocycles. The van der Waals surface area contributed by atoms with Crippen LogP contribution in [0.15, 0.2) is 22.8 Å². The van der Waals surface area contributed by atoms with Crippen molar-refractivity contribution in [3.8, 4) is 23.4 Å². The molecule has 1 aliphatic rings. The van der Waals surface area contributed by atoms with Crippen LogP contribution < -0.4 is 0 Å². The number of halogens is 1. The molecule has 28 heavy (non-hydrogen) atoms. The van der Waals surface area contributed by atoms with Crippen molar-refractivity contribution in [3.63, 3.8) is 0 Å². The average molecular weight is 419 g/mol. The van der Waals surface area contributed by atoms with Crippen molar-refractivity contribution in [2.75, 3.05) is 5.75 Å². The molecule has 1 fully saturated rings. The highest BCUT2D eigenvalue weighted by atomic mass is 35.5. The minimum absolute atomic E-state index is 0.189. The van der Waals surface area contributed by atoms with Gasteiger partial charge in [-0.3, -0.25) is 4.57 Å². The Kier molecular flexibility index (Phi) is 5.60. The third-order valence-electron chi connectivity index (χ3n) is 4.47. The molecule has 0 aromatic carbocycles. The van der Waals surface area contributed by atoms with Gasteiger partial charge in [0.05, 0.1) is 12.4 Å². The van der Waals surface area contributed by atoms with Crippen molar-refractivity contribution in [1.29, 1.82) is 0 Å². The van der Waals surface area contributed by atoms with Gasteiger partial charge in [0.25, 0.3) is 0 Å². The fraction of sp³-hybridized carbons (Fsp3) is 0.421. The Morgan fingerprint density at radius 2 is 2.21 bits per heavy atom. The van der Waals surface area contributed by atoms with Crippen molar-refractivity contribution in [1.82, 2.24) is 19.5 Å². The smallest absolute Gasteiger partial charge is 0.208 e. The predicted octanol–water partition coefficient (Wildman–Crippen LogP) is 3.25. The number of rotatable bonds is 4. The number of imidazole rings is 1. The molecule has 3 atom stereocenters. The standard InChI is InChI=1S/C19H19ClN4O3S/c1-2-3-4-5-8-13-21-16(20)14-18(22-13)24(19-15(26)11(25)10-28-19)17(23-14)12-7-6-9-27-12/h6-7,9,11,15,19,25-26H,2-4,10H2,1H3/t11-,15-,19-/m1/s1. The molecular formula is C19H19ClN4O3S. The van der Waals surface area contributed by atoms with E-state index >= 15 is 0 Å². The first-order valence-corrected chi connectivity index (χ1v) is 10.5. The number of aliphatic hydroxyl groups is 2. The lowest BCUT2D eigenvalue weighted by Gasteiger charge is -2.19. The van der Waals surface area contributed by atoms with E-state index in [-0.39, 0.29) is 5.15 Å². The van der Waals surface area contributed by atoms with Crippen LogP contribution in [0.2, 0.25) is 5.15 Å². The summed E-state index contributed by atoms with van der Waals surface area (Å²) in [6.45, 7) is 2.11. The minimum Gasteiger partial charge on any atom is -0.461 e. The van der Waals surface area contributed by atoms with Crippen LogP contribution in [0, 0.1) is 11.8 Å². The Morgan fingerprint density at radius 1 is 1.36 bits per heavy atom. The molecule has 4 heterocycles. The van der Waals surface area contributed by atoms with Gasteiger partial charge in [-0.15, -0.1) is 11.8 Å². The third kappa shape index (κ3) is 3.51. The van der Waals surface area contributed by atoms with E-state index in [1.165, 1.54) is 11.8 Å². The van der Waals surface area contributed by atoms with Gasteiger partial charge in [0.15, 0.2) is 22.4 Å². The first-order valence-electron chi connectivity index (χ1n) is 9.06. The van der Waals surface area contributed by atoms with Gasteiger partial charge >= 0.3 is 0 Å². The predicted molar refractivity (Wildman–Crippen MR) is 108 cm³/mol. The van der Waals surface area contributed by atoms with Crippen molar-refractivity contribution in [2.45, 2.75) is 43.8 Å². The van der Waals surface area contributed by atoms with Gasteiger partial charge in [-0.25, -0.2) is 15.0 Å². The van der Waals surface area contributed by atoms with Gasteiger partial charge in [0.2, 0.25) is 5.82 Å². The number of furan rings is 1. The Hall–Kier alpha value is -2.05. The zero-order valence-electron chi connectivity index (χ0n) is 15.2. The van der Waals surface area contributed by atoms with E-state index in [0.29, 0.717) is 34.3 Å². The normalized spacial score (nSPS) is 21.8. The summed E-state index contributed by atoms with van der Waals surface area (Å²) < 4.78 is 7.27. The first-order chi connectivity index (χ1) is 13.6. The molecule has 7 nitrogen and oxygen atoms in total. The highest BCUT2D eigenvalue weighted by Gasteiger charge is 2.38. The van der Waals surface area contributed by atoms with Crippen LogP contribution >= 0.6 is 23.4 Å². The number of hydrogen-bond donors (Lipinski definition) is 2. The summed E-state index contributed by atoms with van der Waals surface area (Å²) >= 11 is 7.80. The second kappa shape index (κ2) is 8.13. The molecule has 3 aromatic rings. The maximum absolute atomic E-state index is 10.5. The maximum atomic E-state index is 10.5. The van der Waals surface area contributed by atoms with Crippen molar-refractivity contribution in [3.05, 3.63) is 29.4 Å². The molecule has 0 saturated carbocycles. The van der Waals surface area contributed by atoms with Gasteiger partial charge in [-0.2, -0.15) is 0 Å². The number of unbranched alkanes of at least 4 members (excludes halogenated alkanes) is 2. The molecule has 0 spiro atoms. The van der Waals surface area contributed by atoms with E-state index in [4.69, 9.17) is 16.0 Å². The molecule has 3 aromatic heterocycles. The Morgan fingerprint density at radius 3 is 2.89 bits per heavy atom. The van der Waals surface area contributed by atoms with Crippen molar-refractivity contribution in [2.24, 2.45) is 0 Å². The second-order valence-corrected chi connectivity index (χ2v) is 7.99. The molecule has 0 radical (unpaired) electrons. The van der Waals surface area contributed by atoms with E-state index in [9.17, 15) is 10.2 Å². The molecule has 146 valence electrons. The summed E-state index contributed by atoms with van der Waals surface area (Å²) in [6.07, 6.45) is 2.58. The lowest BCUT2D eigenvalue weighted by atomic mass is 10.2. The second-order valence-electron chi connectivity index (χ2n) is 6.48. The zero-order chi connectivity index (χ0) is 19.7. The SMILES string of the molecule is CCCCC#Cc1nc(Cl)c2nc(-c3ccco3)n([C@@H]3SC[C@@H](O)[C@H]3O)c2n1. The van der Waals surface area contributed by atoms with E-state index < -0.39 is 17.6 Å². The number of aliphatic hydroxyl groups excluding tert-OH is 2. The molecule has 0 aliphatic carbocycles. The van der Waals surface area contributed by atoms with Crippen LogP contribution in [-0.2, 0) is 0 Å². The highest BCUT2D eigenvalue weighted by molar-refractivity contribution is 7.99. The quantitative estimate of drug-likeness (QED) is 0.381. The molecule has 0 bridgehead atoms. The number of nitrogens with zero attached hydrogens (tertiary/aromatic N) is 4. The van der Waals surface area contributed by atoms with Gasteiger partial charge in [-0.1, -0.05) is 30.9 Å². The van der Waals surface area contributed by atoms with Gasteiger partial charge in [-0.05, 0) is 24.5 Å². The number of aromatic nitrogens is 4. The molecule has 1 aliphatic heterocycles. The van der Waals surface area contributed by atoms with Crippen molar-refractivity contribution < 1.29 is 14.6 Å². The molecule has 2 N–H and O–H groups in total. The van der Waals surface area contributed by atoms with Crippen LogP contribution in [0.1, 0.15) is 37.4 Å². The molecule has 0 amide bonds. The van der Waals surface area contributed by atoms with E-state index in [1.54, 1.807) is 23.0 Å². The minimum atomic E-state index is -0.969. The summed E-state index contributed by atoms with van der Waals surface area (Å²) in [4.78, 5) is 13.4. The fourth-order valence-electron chi connectivity index (χ4n) is 3.04. The summed E-state index contributed by atoms with van der Waals surface area (Å²) in [7, 11) is 0. The summed E-state index contributed by atoms with van der Waals surface area (Å²) in [5.74, 6) is 7.71. The molecular weight excluding hydrogens is 400 g/mol. The number of thioether (sulfide) groups is 1. The van der Waals surface area contributed by atoms with Crippen LogP contribution in [0.5, 0.6) is 0 Å². The third-order valence-corrected chi connectivity index (χ3v) is 6.10. The van der Waals surface area contributed by atoms with Crippen LogP contribution in [0.25, 0.3) is 22.7 Å². The van der Waals surface area contributed by atoms with Gasteiger partial charge in [0.1, 0.15) is 17.0 Å². The topological polar surface area (TPSA) is 97.2 Å². The summed E-state index contributed by atoms with van der Waals surface area (Å²) in [6, 6.07) is 3.52. The molecule has 9 heteroatoms. The van der Waals surface area contributed by atoms with E-state index in [0.717, 1.165) is 19.3 Å². The Bertz CT molecular complexity index is 1040. The lowest BCUT2D eigenvalue weighted by molar-refractivity contribution is 0.0316. The average Bonchev–Trinajstić information content (AvgIpc) is 3.39. The van der Waals surface area contributed by atoms with Gasteiger partial charge < -0.3 is 14.6 Å². The largest absolute Gasteiger partial charge is 0.461 e. The number of hydrogen-bond acceptors (Lipinski definition) is 7. The summed E-state index contributed by atoms with van der Waals surface area (Å²) in [5, 5.41) is 20.2. The van der Waals surface area contributed by atoms with Gasteiger partial charge in [0, 0.05) is 12.2 Å². The highest BCUT2D eigenvalue weighted by Crippen LogP contribution is 2.41. The molecule has 0 unspecified atom stereocenters. The van der Waals surface area contributed by atoms with Crippen LogP contribution in [0.3, 0.4) is 0 Å². The first kappa shape index (κ1) is 19.3. The van der Waals surface area contributed by atoms with Crippen molar-refractivity contribution >= 4 is 34.5 Å². The van der Waals surface area contributed by atoms with Crippen LogP contribution in [0.4, 0.5) is 0 Å². The summed E-state index contributed by atoms with van der Waals surface area (Å²) in [5.41, 5.74) is 0.859.